The Morgan fingerprint density at radius 2 is 1.92 bits per heavy atom. The summed E-state index contributed by atoms with van der Waals surface area (Å²) in [7, 11) is 1.53. The number of hydrogen-bond acceptors (Lipinski definition) is 4. The van der Waals surface area contributed by atoms with E-state index in [4.69, 9.17) is 9.47 Å². The Morgan fingerprint density at radius 1 is 1.20 bits per heavy atom. The standard InChI is InChI=1S/C21H30O4/c1-13-15(8-7-14-11-18(24-5)25-19(14)23)21(4)10-6-9-20(2,3)17(21)12-16(13)22/h11,17-18H,6-10,12H2,1-5H3/t17-,18?,21+/m1/s1. The zero-order chi connectivity index (χ0) is 18.4. The summed E-state index contributed by atoms with van der Waals surface area (Å²) in [6.07, 6.45) is 6.72. The number of carbonyl (C=O) groups is 2. The summed E-state index contributed by atoms with van der Waals surface area (Å²) < 4.78 is 10.2. The van der Waals surface area contributed by atoms with Gasteiger partial charge in [0, 0.05) is 19.1 Å². The van der Waals surface area contributed by atoms with Gasteiger partial charge in [-0.2, -0.15) is 0 Å². The highest BCUT2D eigenvalue weighted by Gasteiger charge is 2.51. The molecule has 1 fully saturated rings. The van der Waals surface area contributed by atoms with Crippen LogP contribution in [0, 0.1) is 16.7 Å². The third kappa shape index (κ3) is 3.10. The van der Waals surface area contributed by atoms with Gasteiger partial charge in [-0.3, -0.25) is 4.79 Å². The molecule has 3 rings (SSSR count). The fourth-order valence-electron chi connectivity index (χ4n) is 5.40. The third-order valence-electron chi connectivity index (χ3n) is 6.88. The lowest BCUT2D eigenvalue weighted by molar-refractivity contribution is -0.155. The van der Waals surface area contributed by atoms with Crippen LogP contribution in [0.5, 0.6) is 0 Å². The molecule has 25 heavy (non-hydrogen) atoms. The van der Waals surface area contributed by atoms with Crippen LogP contribution in [0.25, 0.3) is 0 Å². The topological polar surface area (TPSA) is 52.6 Å². The number of rotatable bonds is 4. The number of hydrogen-bond donors (Lipinski definition) is 0. The van der Waals surface area contributed by atoms with Gasteiger partial charge in [-0.25, -0.2) is 4.79 Å². The normalized spacial score (nSPS) is 34.7. The van der Waals surface area contributed by atoms with Crippen LogP contribution in [0.3, 0.4) is 0 Å². The summed E-state index contributed by atoms with van der Waals surface area (Å²) >= 11 is 0. The second kappa shape index (κ2) is 6.39. The molecule has 0 bridgehead atoms. The van der Waals surface area contributed by atoms with Crippen LogP contribution >= 0.6 is 0 Å². The van der Waals surface area contributed by atoms with Crippen LogP contribution in [0.1, 0.15) is 66.2 Å². The SMILES string of the molecule is COC1C=C(CCC2=C(C)C(=O)C[C@@H]3C(C)(C)CCC[C@@]23C)C(=O)O1. The molecule has 1 unspecified atom stereocenters. The number of fused-ring (bicyclic) bond motifs is 1. The van der Waals surface area contributed by atoms with Crippen molar-refractivity contribution in [3.8, 4) is 0 Å². The molecular weight excluding hydrogens is 316 g/mol. The van der Waals surface area contributed by atoms with E-state index in [0.717, 1.165) is 18.4 Å². The average Bonchev–Trinajstić information content (AvgIpc) is 2.90. The Kier molecular flexibility index (Phi) is 4.69. The Morgan fingerprint density at radius 3 is 2.56 bits per heavy atom. The molecule has 0 aromatic heterocycles. The lowest BCUT2D eigenvalue weighted by Crippen LogP contribution is -2.47. The molecule has 0 aromatic carbocycles. The highest BCUT2D eigenvalue weighted by atomic mass is 16.7. The Bertz CT molecular complexity index is 655. The van der Waals surface area contributed by atoms with E-state index in [1.165, 1.54) is 25.5 Å². The van der Waals surface area contributed by atoms with Crippen LogP contribution in [0.2, 0.25) is 0 Å². The highest BCUT2D eigenvalue weighted by Crippen LogP contribution is 2.59. The van der Waals surface area contributed by atoms with E-state index in [1.807, 2.05) is 6.92 Å². The van der Waals surface area contributed by atoms with Crippen molar-refractivity contribution in [3.63, 3.8) is 0 Å². The fraction of sp³-hybridized carbons (Fsp3) is 0.714. The molecule has 138 valence electrons. The van der Waals surface area contributed by atoms with Gasteiger partial charge in [-0.1, -0.05) is 32.8 Å². The minimum absolute atomic E-state index is 0.0590. The summed E-state index contributed by atoms with van der Waals surface area (Å²) in [5.41, 5.74) is 3.09. The maximum atomic E-state index is 12.7. The van der Waals surface area contributed by atoms with Gasteiger partial charge in [0.2, 0.25) is 6.29 Å². The highest BCUT2D eigenvalue weighted by molar-refractivity contribution is 5.97. The van der Waals surface area contributed by atoms with Gasteiger partial charge in [0.15, 0.2) is 5.78 Å². The number of esters is 1. The van der Waals surface area contributed by atoms with E-state index >= 15 is 0 Å². The number of methoxy groups -OCH3 is 1. The number of carbonyl (C=O) groups excluding carboxylic acids is 2. The first-order chi connectivity index (χ1) is 11.7. The molecule has 2 aliphatic carbocycles. The molecule has 0 radical (unpaired) electrons. The van der Waals surface area contributed by atoms with E-state index in [0.29, 0.717) is 24.3 Å². The van der Waals surface area contributed by atoms with Gasteiger partial charge < -0.3 is 9.47 Å². The van der Waals surface area contributed by atoms with Crippen molar-refractivity contribution >= 4 is 11.8 Å². The van der Waals surface area contributed by atoms with Crippen molar-refractivity contribution in [2.45, 2.75) is 72.5 Å². The van der Waals surface area contributed by atoms with Gasteiger partial charge in [-0.15, -0.1) is 0 Å². The minimum atomic E-state index is -0.567. The van der Waals surface area contributed by atoms with E-state index < -0.39 is 6.29 Å². The molecule has 0 aromatic rings. The first-order valence-electron chi connectivity index (χ1n) is 9.37. The van der Waals surface area contributed by atoms with E-state index in [-0.39, 0.29) is 22.6 Å². The maximum Gasteiger partial charge on any atom is 0.336 e. The van der Waals surface area contributed by atoms with Crippen LogP contribution in [0.4, 0.5) is 0 Å². The number of ether oxygens (including phenoxy) is 2. The van der Waals surface area contributed by atoms with Gasteiger partial charge in [-0.05, 0) is 61.0 Å². The first-order valence-corrected chi connectivity index (χ1v) is 9.37. The average molecular weight is 346 g/mol. The summed E-state index contributed by atoms with van der Waals surface area (Å²) in [6, 6.07) is 0. The molecule has 0 saturated heterocycles. The molecule has 1 heterocycles. The van der Waals surface area contributed by atoms with Gasteiger partial charge in [0.05, 0.1) is 0 Å². The monoisotopic (exact) mass is 346 g/mol. The molecular formula is C21H30O4. The first kappa shape index (κ1) is 18.4. The predicted octanol–water partition coefficient (Wildman–Crippen LogP) is 4.34. The van der Waals surface area contributed by atoms with Crippen molar-refractivity contribution in [3.05, 3.63) is 22.8 Å². The van der Waals surface area contributed by atoms with Gasteiger partial charge in [0.25, 0.3) is 0 Å². The number of Topliss-reactive ketones (excluding diaryl/α,β-unsaturated/α-hetero) is 1. The largest absolute Gasteiger partial charge is 0.429 e. The van der Waals surface area contributed by atoms with E-state index in [2.05, 4.69) is 20.8 Å². The van der Waals surface area contributed by atoms with Crippen LogP contribution in [-0.2, 0) is 19.1 Å². The van der Waals surface area contributed by atoms with Crippen molar-refractivity contribution < 1.29 is 19.1 Å². The lowest BCUT2D eigenvalue weighted by atomic mass is 9.49. The zero-order valence-corrected chi connectivity index (χ0v) is 16.1. The molecule has 0 spiro atoms. The van der Waals surface area contributed by atoms with E-state index in [1.54, 1.807) is 6.08 Å². The molecule has 4 nitrogen and oxygen atoms in total. The molecule has 3 atom stereocenters. The minimum Gasteiger partial charge on any atom is -0.429 e. The second-order valence-corrected chi connectivity index (χ2v) is 8.74. The second-order valence-electron chi connectivity index (χ2n) is 8.74. The number of allylic oxidation sites excluding steroid dienone is 2. The zero-order valence-electron chi connectivity index (χ0n) is 16.1. The van der Waals surface area contributed by atoms with Crippen LogP contribution in [-0.4, -0.2) is 25.2 Å². The molecule has 0 N–H and O–H groups in total. The Balaban J connectivity index is 1.87. The number of ketones is 1. The summed E-state index contributed by atoms with van der Waals surface area (Å²) in [4.78, 5) is 24.6. The van der Waals surface area contributed by atoms with Crippen molar-refractivity contribution in [1.29, 1.82) is 0 Å². The molecule has 1 aliphatic heterocycles. The van der Waals surface area contributed by atoms with Crippen LogP contribution < -0.4 is 0 Å². The molecule has 4 heteroatoms. The molecule has 0 amide bonds. The van der Waals surface area contributed by atoms with Crippen molar-refractivity contribution in [2.24, 2.45) is 16.7 Å². The smallest absolute Gasteiger partial charge is 0.336 e. The van der Waals surface area contributed by atoms with Gasteiger partial charge in [0.1, 0.15) is 0 Å². The van der Waals surface area contributed by atoms with Gasteiger partial charge >= 0.3 is 5.97 Å². The molecule has 1 saturated carbocycles. The molecule has 3 aliphatic rings. The summed E-state index contributed by atoms with van der Waals surface area (Å²) in [5.74, 6) is 0.374. The summed E-state index contributed by atoms with van der Waals surface area (Å²) in [6.45, 7) is 8.92. The Hall–Kier alpha value is -1.42. The van der Waals surface area contributed by atoms with Crippen LogP contribution in [0.15, 0.2) is 22.8 Å². The lowest BCUT2D eigenvalue weighted by Gasteiger charge is -2.54. The Labute approximate surface area is 150 Å². The number of cyclic esters (lactones) is 1. The summed E-state index contributed by atoms with van der Waals surface area (Å²) in [5, 5.41) is 0. The third-order valence-corrected chi connectivity index (χ3v) is 6.88. The predicted molar refractivity (Wildman–Crippen MR) is 95.8 cm³/mol. The van der Waals surface area contributed by atoms with E-state index in [9.17, 15) is 9.59 Å². The fourth-order valence-corrected chi connectivity index (χ4v) is 5.40. The van der Waals surface area contributed by atoms with Crippen molar-refractivity contribution in [1.82, 2.24) is 0 Å². The van der Waals surface area contributed by atoms with Crippen molar-refractivity contribution in [2.75, 3.05) is 7.11 Å². The maximum absolute atomic E-state index is 12.7. The quantitative estimate of drug-likeness (QED) is 0.710.